The molecule has 37 heavy (non-hydrogen) atoms. The zero-order chi connectivity index (χ0) is 26.8. The number of rotatable bonds is 6. The molecule has 6 nitrogen and oxygen atoms in total. The Morgan fingerprint density at radius 3 is 2.32 bits per heavy atom. The lowest BCUT2D eigenvalue weighted by atomic mass is 10.0. The highest BCUT2D eigenvalue weighted by Crippen LogP contribution is 2.38. The van der Waals surface area contributed by atoms with E-state index in [2.05, 4.69) is 9.98 Å². The summed E-state index contributed by atoms with van der Waals surface area (Å²) in [5.41, 5.74) is 7.61. The maximum atomic E-state index is 13.8. The number of aliphatic imine (C=N–C) groups is 1. The lowest BCUT2D eigenvalue weighted by Gasteiger charge is -2.14. The van der Waals surface area contributed by atoms with Crippen LogP contribution in [-0.2, 0) is 16.0 Å². The van der Waals surface area contributed by atoms with E-state index in [1.807, 2.05) is 0 Å². The van der Waals surface area contributed by atoms with Crippen LogP contribution in [0.4, 0.5) is 13.2 Å². The van der Waals surface area contributed by atoms with Crippen molar-refractivity contribution in [2.45, 2.75) is 11.1 Å². The second-order valence-electron chi connectivity index (χ2n) is 8.22. The lowest BCUT2D eigenvalue weighted by Crippen LogP contribution is -2.08. The Morgan fingerprint density at radius 2 is 1.70 bits per heavy atom. The zero-order valence-corrected chi connectivity index (χ0v) is 20.8. The molecule has 4 rings (SSSR count). The fraction of sp³-hybridized carbons (Fsp3) is 0.111. The monoisotopic (exact) mass is 524 g/mol. The summed E-state index contributed by atoms with van der Waals surface area (Å²) in [7, 11) is -1.83. The SMILES string of the molecule is CN=CC(=CN)c1cn(-c2ccc(-c3cccc(S(C)(=O)=O)c3)cc2)c(-c2ccccc2C(F)(F)F)n1. The Morgan fingerprint density at radius 1 is 1.00 bits per heavy atom. The first-order valence-corrected chi connectivity index (χ1v) is 12.9. The molecular weight excluding hydrogens is 501 g/mol. The van der Waals surface area contributed by atoms with Crippen LogP contribution in [0.5, 0.6) is 0 Å². The quantitative estimate of drug-likeness (QED) is 0.331. The van der Waals surface area contributed by atoms with Crippen LogP contribution in [0.3, 0.4) is 0 Å². The van der Waals surface area contributed by atoms with E-state index in [-0.39, 0.29) is 16.3 Å². The van der Waals surface area contributed by atoms with Crippen LogP contribution in [0.25, 0.3) is 33.8 Å². The molecule has 0 aliphatic heterocycles. The van der Waals surface area contributed by atoms with Crippen LogP contribution in [-0.4, -0.2) is 37.5 Å². The van der Waals surface area contributed by atoms with E-state index in [1.165, 1.54) is 36.7 Å². The largest absolute Gasteiger partial charge is 0.417 e. The Bertz CT molecular complexity index is 1600. The first-order valence-electron chi connectivity index (χ1n) is 11.0. The first kappa shape index (κ1) is 25.9. The van der Waals surface area contributed by atoms with Gasteiger partial charge in [-0.2, -0.15) is 13.2 Å². The summed E-state index contributed by atoms with van der Waals surface area (Å²) in [6.07, 6.45) is 0.919. The molecule has 0 saturated carbocycles. The maximum absolute atomic E-state index is 13.8. The molecule has 0 aliphatic carbocycles. The molecule has 4 aromatic rings. The predicted molar refractivity (Wildman–Crippen MR) is 139 cm³/mol. The number of sulfone groups is 1. The van der Waals surface area contributed by atoms with Crippen molar-refractivity contribution in [2.24, 2.45) is 10.7 Å². The number of nitrogens with two attached hydrogens (primary N) is 1. The molecule has 190 valence electrons. The third-order valence-corrected chi connectivity index (χ3v) is 6.77. The Hall–Kier alpha value is -4.18. The summed E-state index contributed by atoms with van der Waals surface area (Å²) in [4.78, 5) is 8.64. The van der Waals surface area contributed by atoms with Gasteiger partial charge in [-0.15, -0.1) is 0 Å². The molecule has 10 heteroatoms. The normalized spacial score (nSPS) is 12.8. The summed E-state index contributed by atoms with van der Waals surface area (Å²) < 4.78 is 67.0. The average molecular weight is 525 g/mol. The summed E-state index contributed by atoms with van der Waals surface area (Å²) in [5, 5.41) is 0. The smallest absolute Gasteiger partial charge is 0.404 e. The van der Waals surface area contributed by atoms with Crippen molar-refractivity contribution in [3.63, 3.8) is 0 Å². The number of benzene rings is 3. The van der Waals surface area contributed by atoms with Crippen molar-refractivity contribution in [2.75, 3.05) is 13.3 Å². The van der Waals surface area contributed by atoms with Crippen molar-refractivity contribution in [3.05, 3.63) is 96.5 Å². The molecule has 0 fully saturated rings. The lowest BCUT2D eigenvalue weighted by molar-refractivity contribution is -0.137. The number of allylic oxidation sites excluding steroid dienone is 1. The van der Waals surface area contributed by atoms with Gasteiger partial charge in [0.15, 0.2) is 9.84 Å². The number of hydrogen-bond acceptors (Lipinski definition) is 5. The molecule has 0 unspecified atom stereocenters. The van der Waals surface area contributed by atoms with Crippen LogP contribution < -0.4 is 5.73 Å². The van der Waals surface area contributed by atoms with Gasteiger partial charge in [0.05, 0.1) is 16.2 Å². The van der Waals surface area contributed by atoms with Gasteiger partial charge in [-0.25, -0.2) is 13.4 Å². The van der Waals surface area contributed by atoms with Gasteiger partial charge in [-0.3, -0.25) is 9.56 Å². The predicted octanol–water partition coefficient (Wildman–Crippen LogP) is 5.63. The van der Waals surface area contributed by atoms with Crippen LogP contribution in [0.2, 0.25) is 0 Å². The van der Waals surface area contributed by atoms with E-state index in [1.54, 1.807) is 60.3 Å². The summed E-state index contributed by atoms with van der Waals surface area (Å²) in [5.74, 6) is 0.0820. The second kappa shape index (κ2) is 10.1. The Labute approximate surface area is 212 Å². The van der Waals surface area contributed by atoms with Crippen LogP contribution in [0, 0.1) is 0 Å². The van der Waals surface area contributed by atoms with Crippen LogP contribution in [0.15, 0.2) is 95.1 Å². The van der Waals surface area contributed by atoms with Crippen LogP contribution in [0.1, 0.15) is 11.3 Å². The maximum Gasteiger partial charge on any atom is 0.417 e. The number of imidazole rings is 1. The van der Waals surface area contributed by atoms with Gasteiger partial charge >= 0.3 is 6.18 Å². The minimum Gasteiger partial charge on any atom is -0.404 e. The van der Waals surface area contributed by atoms with E-state index in [9.17, 15) is 21.6 Å². The van der Waals surface area contributed by atoms with Crippen molar-refractivity contribution < 1.29 is 21.6 Å². The van der Waals surface area contributed by atoms with Gasteiger partial charge in [-0.05, 0) is 41.5 Å². The first-order chi connectivity index (χ1) is 17.5. The second-order valence-corrected chi connectivity index (χ2v) is 10.2. The molecule has 0 atom stereocenters. The number of hydrogen-bond donors (Lipinski definition) is 1. The molecule has 0 spiro atoms. The molecule has 2 N–H and O–H groups in total. The molecule has 0 bridgehead atoms. The molecule has 0 aliphatic rings. The fourth-order valence-corrected chi connectivity index (χ4v) is 4.55. The van der Waals surface area contributed by atoms with E-state index in [0.29, 0.717) is 22.5 Å². The molecule has 1 heterocycles. The zero-order valence-electron chi connectivity index (χ0n) is 19.9. The molecular formula is C27H23F3N4O2S. The third kappa shape index (κ3) is 5.49. The number of nitrogens with zero attached hydrogens (tertiary/aromatic N) is 3. The number of alkyl halides is 3. The van der Waals surface area contributed by atoms with Gasteiger partial charge in [0.2, 0.25) is 0 Å². The van der Waals surface area contributed by atoms with Crippen molar-refractivity contribution in [3.8, 4) is 28.2 Å². The highest BCUT2D eigenvalue weighted by Gasteiger charge is 2.34. The van der Waals surface area contributed by atoms with E-state index in [4.69, 9.17) is 5.73 Å². The van der Waals surface area contributed by atoms with Crippen molar-refractivity contribution in [1.82, 2.24) is 9.55 Å². The molecule has 0 saturated heterocycles. The topological polar surface area (TPSA) is 90.3 Å². The minimum atomic E-state index is -4.58. The van der Waals surface area contributed by atoms with Crippen LogP contribution >= 0.6 is 0 Å². The van der Waals surface area contributed by atoms with Gasteiger partial charge in [0, 0.05) is 48.7 Å². The van der Waals surface area contributed by atoms with Gasteiger partial charge in [0.1, 0.15) is 5.82 Å². The van der Waals surface area contributed by atoms with Gasteiger partial charge in [0.25, 0.3) is 0 Å². The Balaban J connectivity index is 1.86. The number of aromatic nitrogens is 2. The molecule has 0 radical (unpaired) electrons. The van der Waals surface area contributed by atoms with E-state index >= 15 is 0 Å². The van der Waals surface area contributed by atoms with Crippen molar-refractivity contribution >= 4 is 21.6 Å². The highest BCUT2D eigenvalue weighted by molar-refractivity contribution is 7.90. The average Bonchev–Trinajstić information content (AvgIpc) is 3.31. The molecule has 0 amide bonds. The minimum absolute atomic E-state index is 0.0820. The standard InChI is InChI=1S/C27H23F3N4O2S/c1-32-16-20(15-31)25-17-34(26(33-25)23-8-3-4-9-24(23)27(28,29)30)21-12-10-18(11-13-21)19-6-5-7-22(14-19)37(2,35)36/h3-17H,31H2,1-2H3. The third-order valence-electron chi connectivity index (χ3n) is 5.66. The van der Waals surface area contributed by atoms with Crippen molar-refractivity contribution in [1.29, 1.82) is 0 Å². The summed E-state index contributed by atoms with van der Waals surface area (Å²) in [6.45, 7) is 0. The van der Waals surface area contributed by atoms with Gasteiger partial charge < -0.3 is 5.73 Å². The van der Waals surface area contributed by atoms with Gasteiger partial charge in [-0.1, -0.05) is 42.5 Å². The Kier molecular flexibility index (Phi) is 7.04. The summed E-state index contributed by atoms with van der Waals surface area (Å²) in [6, 6.07) is 18.8. The molecule has 3 aromatic carbocycles. The number of halogens is 3. The van der Waals surface area contributed by atoms with E-state index < -0.39 is 21.6 Å². The highest BCUT2D eigenvalue weighted by atomic mass is 32.2. The summed E-state index contributed by atoms with van der Waals surface area (Å²) >= 11 is 0. The fourth-order valence-electron chi connectivity index (χ4n) is 3.89. The van der Waals surface area contributed by atoms with E-state index in [0.717, 1.165) is 17.9 Å². The molecule has 1 aromatic heterocycles.